The van der Waals surface area contributed by atoms with Crippen molar-refractivity contribution in [3.05, 3.63) is 23.8 Å². The molecule has 0 aromatic heterocycles. The fraction of sp³-hybridized carbons (Fsp3) is 0.778. The molecule has 2 aliphatic heterocycles. The Morgan fingerprint density at radius 2 is 2.19 bits per heavy atom. The van der Waals surface area contributed by atoms with Gasteiger partial charge in [-0.15, -0.1) is 0 Å². The zero-order valence-electron chi connectivity index (χ0n) is 13.3. The molecule has 0 amide bonds. The number of piperidine rings is 1. The van der Waals surface area contributed by atoms with Crippen LogP contribution in [0.4, 0.5) is 0 Å². The Morgan fingerprint density at radius 3 is 2.90 bits per heavy atom. The molecule has 3 fully saturated rings. The topological polar surface area (TPSA) is 15.7 Å². The summed E-state index contributed by atoms with van der Waals surface area (Å²) in [7, 11) is 0. The van der Waals surface area contributed by atoms with E-state index in [-0.39, 0.29) is 0 Å². The Balaban J connectivity index is 1.38. The van der Waals surface area contributed by atoms with Gasteiger partial charge in [0.2, 0.25) is 0 Å². The molecule has 0 bridgehead atoms. The molecule has 3 nitrogen and oxygen atoms in total. The molecule has 1 saturated carbocycles. The molecule has 4 aliphatic rings. The molecule has 2 heterocycles. The minimum Gasteiger partial charge on any atom is -0.379 e. The zero-order chi connectivity index (χ0) is 14.3. The Labute approximate surface area is 128 Å². The molecule has 3 atom stereocenters. The van der Waals surface area contributed by atoms with Crippen LogP contribution in [-0.4, -0.2) is 61.8 Å². The quantitative estimate of drug-likeness (QED) is 0.789. The highest BCUT2D eigenvalue weighted by molar-refractivity contribution is 5.40. The summed E-state index contributed by atoms with van der Waals surface area (Å²) >= 11 is 0. The fourth-order valence-corrected chi connectivity index (χ4v) is 4.68. The summed E-state index contributed by atoms with van der Waals surface area (Å²) in [5.74, 6) is 0.944. The van der Waals surface area contributed by atoms with E-state index in [1.165, 1.54) is 38.9 Å². The highest BCUT2D eigenvalue weighted by Gasteiger charge is 2.60. The van der Waals surface area contributed by atoms with Crippen LogP contribution in [0.15, 0.2) is 23.8 Å². The molecule has 2 aliphatic carbocycles. The second kappa shape index (κ2) is 5.53. The van der Waals surface area contributed by atoms with Crippen molar-refractivity contribution in [1.29, 1.82) is 0 Å². The van der Waals surface area contributed by atoms with Crippen LogP contribution in [0, 0.1) is 11.3 Å². The van der Waals surface area contributed by atoms with Crippen LogP contribution in [0.1, 0.15) is 26.2 Å². The second-order valence-electron chi connectivity index (χ2n) is 7.26. The van der Waals surface area contributed by atoms with Crippen LogP contribution >= 0.6 is 0 Å². The number of hydrogen-bond donors (Lipinski definition) is 0. The van der Waals surface area contributed by atoms with Gasteiger partial charge in [-0.05, 0) is 37.3 Å². The van der Waals surface area contributed by atoms with E-state index in [1.807, 2.05) is 0 Å². The van der Waals surface area contributed by atoms with Gasteiger partial charge in [-0.2, -0.15) is 0 Å². The number of ether oxygens (including phenoxy) is 1. The van der Waals surface area contributed by atoms with Crippen molar-refractivity contribution in [3.8, 4) is 0 Å². The van der Waals surface area contributed by atoms with E-state index < -0.39 is 0 Å². The maximum absolute atomic E-state index is 5.46. The molecule has 3 unspecified atom stereocenters. The molecule has 4 rings (SSSR count). The van der Waals surface area contributed by atoms with Crippen molar-refractivity contribution in [2.75, 3.05) is 45.9 Å². The third kappa shape index (κ3) is 2.49. The lowest BCUT2D eigenvalue weighted by Crippen LogP contribution is -2.43. The highest BCUT2D eigenvalue weighted by atomic mass is 16.5. The lowest BCUT2D eigenvalue weighted by atomic mass is 9.88. The summed E-state index contributed by atoms with van der Waals surface area (Å²) in [5.41, 5.74) is 2.19. The molecule has 3 heteroatoms. The zero-order valence-corrected chi connectivity index (χ0v) is 13.3. The van der Waals surface area contributed by atoms with Crippen molar-refractivity contribution in [1.82, 2.24) is 9.80 Å². The fourth-order valence-electron chi connectivity index (χ4n) is 4.68. The van der Waals surface area contributed by atoms with E-state index in [0.29, 0.717) is 11.5 Å². The Hall–Kier alpha value is -0.640. The number of morpholine rings is 1. The van der Waals surface area contributed by atoms with Gasteiger partial charge in [-0.1, -0.05) is 25.2 Å². The van der Waals surface area contributed by atoms with Crippen LogP contribution in [0.3, 0.4) is 0 Å². The van der Waals surface area contributed by atoms with Gasteiger partial charge in [-0.25, -0.2) is 0 Å². The van der Waals surface area contributed by atoms with Crippen LogP contribution in [0.2, 0.25) is 0 Å². The lowest BCUT2D eigenvalue weighted by molar-refractivity contribution is 0.0258. The Morgan fingerprint density at radius 1 is 1.33 bits per heavy atom. The first-order valence-corrected chi connectivity index (χ1v) is 8.75. The van der Waals surface area contributed by atoms with Gasteiger partial charge < -0.3 is 9.64 Å². The first kappa shape index (κ1) is 14.0. The van der Waals surface area contributed by atoms with E-state index in [4.69, 9.17) is 4.74 Å². The molecular weight excluding hydrogens is 260 g/mol. The average molecular weight is 288 g/mol. The van der Waals surface area contributed by atoms with Gasteiger partial charge in [0.15, 0.2) is 0 Å². The molecule has 116 valence electrons. The van der Waals surface area contributed by atoms with Crippen molar-refractivity contribution in [2.45, 2.75) is 32.2 Å². The number of nitrogens with zero attached hydrogens (tertiary/aromatic N) is 2. The minimum absolute atomic E-state index is 0.543. The third-order valence-electron chi connectivity index (χ3n) is 5.92. The standard InChI is InChI=1S/C18H28N2O/c1-2-7-19-13-16-12-18(16,14-19)15-3-5-17(6-4-15)20-8-10-21-11-9-20/h3-5,16-17H,2,6-14H2,1H3. The first-order valence-electron chi connectivity index (χ1n) is 8.75. The SMILES string of the molecule is CCCN1CC2CC2(C2=CCC(N3CCOCC3)C=C2)C1. The van der Waals surface area contributed by atoms with Crippen molar-refractivity contribution >= 4 is 0 Å². The summed E-state index contributed by atoms with van der Waals surface area (Å²) in [6.45, 7) is 10.2. The Kier molecular flexibility index (Phi) is 3.68. The van der Waals surface area contributed by atoms with Crippen molar-refractivity contribution in [2.24, 2.45) is 11.3 Å². The van der Waals surface area contributed by atoms with Crippen molar-refractivity contribution < 1.29 is 4.74 Å². The van der Waals surface area contributed by atoms with Gasteiger partial charge in [0.05, 0.1) is 13.2 Å². The van der Waals surface area contributed by atoms with Crippen LogP contribution in [0.25, 0.3) is 0 Å². The number of rotatable bonds is 4. The maximum atomic E-state index is 5.46. The predicted octanol–water partition coefficient (Wildman–Crippen LogP) is 2.31. The molecule has 0 radical (unpaired) electrons. The average Bonchev–Trinajstić information content (AvgIpc) is 3.11. The van der Waals surface area contributed by atoms with E-state index in [0.717, 1.165) is 32.2 Å². The lowest BCUT2D eigenvalue weighted by Gasteiger charge is -2.34. The second-order valence-corrected chi connectivity index (χ2v) is 7.26. The highest BCUT2D eigenvalue weighted by Crippen LogP contribution is 2.63. The van der Waals surface area contributed by atoms with Crippen LogP contribution in [0.5, 0.6) is 0 Å². The molecule has 2 saturated heterocycles. The summed E-state index contributed by atoms with van der Waals surface area (Å²) in [6, 6.07) is 0.611. The van der Waals surface area contributed by atoms with Gasteiger partial charge in [0, 0.05) is 37.6 Å². The molecule has 0 aromatic carbocycles. The Bertz CT molecular complexity index is 452. The molecule has 0 spiro atoms. The van der Waals surface area contributed by atoms with E-state index in [1.54, 1.807) is 5.57 Å². The number of hydrogen-bond acceptors (Lipinski definition) is 3. The first-order chi connectivity index (χ1) is 10.3. The van der Waals surface area contributed by atoms with Gasteiger partial charge in [0.25, 0.3) is 0 Å². The van der Waals surface area contributed by atoms with E-state index in [2.05, 4.69) is 35.0 Å². The maximum Gasteiger partial charge on any atom is 0.0594 e. The smallest absolute Gasteiger partial charge is 0.0594 e. The van der Waals surface area contributed by atoms with E-state index >= 15 is 0 Å². The number of likely N-dealkylation sites (tertiary alicyclic amines) is 1. The van der Waals surface area contributed by atoms with Crippen LogP contribution in [-0.2, 0) is 4.74 Å². The minimum atomic E-state index is 0.543. The monoisotopic (exact) mass is 288 g/mol. The third-order valence-corrected chi connectivity index (χ3v) is 5.92. The van der Waals surface area contributed by atoms with Gasteiger partial charge in [-0.3, -0.25) is 4.90 Å². The summed E-state index contributed by atoms with van der Waals surface area (Å²) in [5, 5.41) is 0. The van der Waals surface area contributed by atoms with Crippen LogP contribution < -0.4 is 0 Å². The van der Waals surface area contributed by atoms with Gasteiger partial charge in [0.1, 0.15) is 0 Å². The summed E-state index contributed by atoms with van der Waals surface area (Å²) in [6.07, 6.45) is 11.4. The molecule has 0 N–H and O–H groups in total. The molecular formula is C18H28N2O. The summed E-state index contributed by atoms with van der Waals surface area (Å²) in [4.78, 5) is 5.25. The molecule has 0 aromatic rings. The van der Waals surface area contributed by atoms with Crippen molar-refractivity contribution in [3.63, 3.8) is 0 Å². The largest absolute Gasteiger partial charge is 0.379 e. The summed E-state index contributed by atoms with van der Waals surface area (Å²) < 4.78 is 5.46. The normalized spacial score (nSPS) is 40.1. The number of fused-ring (bicyclic) bond motifs is 1. The van der Waals surface area contributed by atoms with E-state index in [9.17, 15) is 0 Å². The number of allylic oxidation sites excluding steroid dienone is 1. The van der Waals surface area contributed by atoms with Gasteiger partial charge >= 0.3 is 0 Å². The molecule has 21 heavy (non-hydrogen) atoms. The predicted molar refractivity (Wildman–Crippen MR) is 85.3 cm³/mol.